The fourth-order valence-corrected chi connectivity index (χ4v) is 5.41. The van der Waals surface area contributed by atoms with Crippen LogP contribution in [0.5, 0.6) is 11.5 Å². The normalized spacial score (nSPS) is 9.85. The highest BCUT2D eigenvalue weighted by atomic mass is 16.5. The summed E-state index contributed by atoms with van der Waals surface area (Å²) in [4.78, 5) is 38.3. The monoisotopic (exact) mass is 876 g/mol. The summed E-state index contributed by atoms with van der Waals surface area (Å²) in [6.45, 7) is 3.67. The molecule has 8 N–H and O–H groups in total. The van der Waals surface area contributed by atoms with Crippen LogP contribution in [0.1, 0.15) is 18.8 Å². The number of ether oxygens (including phenoxy) is 2. The van der Waals surface area contributed by atoms with Gasteiger partial charge >= 0.3 is 6.03 Å². The van der Waals surface area contributed by atoms with E-state index >= 15 is 0 Å². The molecule has 0 fully saturated rings. The molecule has 8 rings (SSSR count). The second-order valence-electron chi connectivity index (χ2n) is 13.4. The minimum atomic E-state index is -0.393. The van der Waals surface area contributed by atoms with E-state index in [4.69, 9.17) is 20.9 Å². The predicted octanol–water partition coefficient (Wildman–Crippen LogP) is 8.05. The number of aromatic nitrogens is 10. The number of terminal acetylenes is 1. The van der Waals surface area contributed by atoms with Crippen molar-refractivity contribution in [1.29, 1.82) is 0 Å². The number of rotatable bonds is 10. The number of nitrogen functional groups attached to an aromatic ring is 2. The molecule has 0 radical (unpaired) electrons. The summed E-state index contributed by atoms with van der Waals surface area (Å²) < 4.78 is 13.5. The molecule has 0 aliphatic heterocycles. The number of methoxy groups -OCH3 is 2. The minimum Gasteiger partial charge on any atom is -0.497 e. The first-order valence-corrected chi connectivity index (χ1v) is 19.3. The second-order valence-corrected chi connectivity index (χ2v) is 13.4. The minimum absolute atomic E-state index is 0. The summed E-state index contributed by atoms with van der Waals surface area (Å²) >= 11 is 0. The Morgan fingerprint density at radius 2 is 1.05 bits per heavy atom. The summed E-state index contributed by atoms with van der Waals surface area (Å²) in [7, 11) is 6.82. The molecule has 0 unspecified atom stereocenters. The number of nitrogens with one attached hydrogen (secondary N) is 4. The van der Waals surface area contributed by atoms with Crippen molar-refractivity contribution in [3.05, 3.63) is 134 Å². The molecule has 6 heterocycles. The van der Waals surface area contributed by atoms with Crippen LogP contribution in [0.3, 0.4) is 0 Å². The average Bonchev–Trinajstić information content (AvgIpc) is 3.91. The van der Waals surface area contributed by atoms with Gasteiger partial charge in [-0.05, 0) is 67.4 Å². The maximum absolute atomic E-state index is 12.3. The lowest BCUT2D eigenvalue weighted by atomic mass is 10.1. The third kappa shape index (κ3) is 14.0. The van der Waals surface area contributed by atoms with Gasteiger partial charge in [0.05, 0.1) is 73.1 Å². The lowest BCUT2D eigenvalue weighted by Gasteiger charge is -2.12. The standard InChI is InChI=1S/C22H22N8O2.C17H17N5O.C4H7N3.C2H2.CH4/c1-14-19(28-22(31)29-20-8-9-26-30(20)2)10-17(13-23-14)27-21-24-11-16(12-25-21)15-4-6-18(32-3)7-5-15;1-11-16(18)7-14(10-19-11)22-17-20-8-13(9-21-17)12-3-5-15(23-2)6-4-12;1-7-4(5)2-3-6-7;1-2;/h4-13H,1-3H3,(H,24,25,27)(H2,28,29,31);3-10H,18H2,1-2H3,(H,20,21,22);2-3H,5H2,1H3;1-2H;1H4. The number of anilines is 8. The van der Waals surface area contributed by atoms with Crippen molar-refractivity contribution in [2.75, 3.05) is 47.0 Å². The fraction of sp³-hybridized carbons (Fsp3) is 0.152. The van der Waals surface area contributed by atoms with Gasteiger partial charge in [0.1, 0.15) is 23.1 Å². The van der Waals surface area contributed by atoms with Gasteiger partial charge in [0.25, 0.3) is 0 Å². The van der Waals surface area contributed by atoms with E-state index in [1.807, 2.05) is 68.4 Å². The number of aryl methyl sites for hydroxylation is 4. The molecule has 2 aromatic carbocycles. The highest BCUT2D eigenvalue weighted by Crippen LogP contribution is 2.25. The van der Waals surface area contributed by atoms with Crippen LogP contribution in [0.4, 0.5) is 51.1 Å². The van der Waals surface area contributed by atoms with Crippen LogP contribution in [0.25, 0.3) is 22.3 Å². The zero-order valence-electron chi connectivity index (χ0n) is 36.1. The number of amides is 2. The summed E-state index contributed by atoms with van der Waals surface area (Å²) in [6, 6.07) is 22.1. The van der Waals surface area contributed by atoms with Gasteiger partial charge in [-0.1, -0.05) is 31.7 Å². The lowest BCUT2D eigenvalue weighted by molar-refractivity contribution is 0.262. The van der Waals surface area contributed by atoms with E-state index in [0.717, 1.165) is 45.1 Å². The third-order valence-electron chi connectivity index (χ3n) is 9.05. The van der Waals surface area contributed by atoms with Crippen LogP contribution in [-0.4, -0.2) is 69.7 Å². The van der Waals surface area contributed by atoms with Crippen LogP contribution in [0, 0.1) is 26.7 Å². The van der Waals surface area contributed by atoms with E-state index in [1.165, 1.54) is 0 Å². The Kier molecular flexibility index (Phi) is 17.8. The van der Waals surface area contributed by atoms with E-state index in [9.17, 15) is 4.79 Å². The Labute approximate surface area is 377 Å². The van der Waals surface area contributed by atoms with Crippen LogP contribution in [-0.2, 0) is 14.1 Å². The first kappa shape index (κ1) is 48.6. The molecule has 8 aromatic rings. The zero-order valence-corrected chi connectivity index (χ0v) is 36.1. The van der Waals surface area contributed by atoms with Crippen LogP contribution < -0.4 is 42.2 Å². The number of benzene rings is 2. The number of hydrogen-bond donors (Lipinski definition) is 6. The fourth-order valence-electron chi connectivity index (χ4n) is 5.41. The number of carbonyl (C=O) groups excluding carboxylic acids is 1. The van der Waals surface area contributed by atoms with Gasteiger partial charge in [0.2, 0.25) is 11.9 Å². The second kappa shape index (κ2) is 23.8. The molecule has 0 aliphatic carbocycles. The molecule has 19 heteroatoms. The van der Waals surface area contributed by atoms with Crippen molar-refractivity contribution >= 4 is 52.3 Å². The zero-order chi connectivity index (χ0) is 46.0. The first-order chi connectivity index (χ1) is 31.0. The van der Waals surface area contributed by atoms with E-state index in [1.54, 1.807) is 105 Å². The molecule has 0 atom stereocenters. The Morgan fingerprint density at radius 3 is 1.45 bits per heavy atom. The maximum atomic E-state index is 12.3. The van der Waals surface area contributed by atoms with E-state index in [-0.39, 0.29) is 7.43 Å². The topological polar surface area (TPSA) is 249 Å². The molecule has 0 saturated carbocycles. The highest BCUT2D eigenvalue weighted by Gasteiger charge is 2.10. The van der Waals surface area contributed by atoms with Gasteiger partial charge in [-0.2, -0.15) is 10.2 Å². The number of nitrogens with zero attached hydrogens (tertiary/aromatic N) is 10. The predicted molar refractivity (Wildman–Crippen MR) is 257 cm³/mol. The number of urea groups is 1. The number of nitrogens with two attached hydrogens (primary N) is 2. The van der Waals surface area contributed by atoms with E-state index in [2.05, 4.69) is 74.2 Å². The van der Waals surface area contributed by atoms with E-state index in [0.29, 0.717) is 46.3 Å². The van der Waals surface area contributed by atoms with Crippen molar-refractivity contribution in [3.63, 3.8) is 0 Å². The quantitative estimate of drug-likeness (QED) is 0.0711. The highest BCUT2D eigenvalue weighted by molar-refractivity contribution is 5.99. The summed E-state index contributed by atoms with van der Waals surface area (Å²) in [5.74, 6) is 3.79. The Morgan fingerprint density at radius 1 is 0.585 bits per heavy atom. The SMILES string of the molecule is C.C#C.COc1ccc(-c2cnc(Nc3cnc(C)c(N)c3)nc2)cc1.COc1ccc(-c2cnc(Nc3cnc(C)c(NC(=O)Nc4ccnn4C)c3)nc2)cc1.Cn1nccc1N. The molecular formula is C46H52N16O3. The van der Waals surface area contributed by atoms with Gasteiger partial charge in [-0.25, -0.2) is 24.7 Å². The molecule has 0 saturated heterocycles. The Hall–Kier alpha value is -9.05. The Bertz CT molecular complexity index is 2720. The molecule has 0 bridgehead atoms. The van der Waals surface area contributed by atoms with Crippen LogP contribution in [0.2, 0.25) is 0 Å². The largest absolute Gasteiger partial charge is 0.497 e. The van der Waals surface area contributed by atoms with Crippen molar-refractivity contribution in [1.82, 2.24) is 49.5 Å². The molecule has 19 nitrogen and oxygen atoms in total. The maximum Gasteiger partial charge on any atom is 0.324 e. The molecule has 334 valence electrons. The third-order valence-corrected chi connectivity index (χ3v) is 9.05. The Balaban J connectivity index is 0.000000244. The lowest BCUT2D eigenvalue weighted by Crippen LogP contribution is -2.21. The van der Waals surface area contributed by atoms with Crippen molar-refractivity contribution in [2.24, 2.45) is 14.1 Å². The number of pyridine rings is 2. The summed E-state index contributed by atoms with van der Waals surface area (Å²) in [5.41, 5.74) is 19.1. The molecule has 0 aliphatic rings. The first-order valence-electron chi connectivity index (χ1n) is 19.3. The van der Waals surface area contributed by atoms with Gasteiger partial charge in [-0.3, -0.25) is 24.6 Å². The molecule has 2 amide bonds. The summed E-state index contributed by atoms with van der Waals surface area (Å²) in [6.07, 6.45) is 21.6. The van der Waals surface area contributed by atoms with Gasteiger partial charge in [-0.15, -0.1) is 12.8 Å². The van der Waals surface area contributed by atoms with Crippen LogP contribution in [0.15, 0.2) is 122 Å². The smallest absolute Gasteiger partial charge is 0.324 e. The number of hydrogen-bond acceptors (Lipinski definition) is 15. The van der Waals surface area contributed by atoms with Crippen molar-refractivity contribution in [2.45, 2.75) is 21.3 Å². The van der Waals surface area contributed by atoms with Gasteiger partial charge in [0, 0.05) is 56.1 Å². The molecule has 6 aromatic heterocycles. The number of carbonyl (C=O) groups is 1. The molecular weight excluding hydrogens is 825 g/mol. The summed E-state index contributed by atoms with van der Waals surface area (Å²) in [5, 5.41) is 19.5. The van der Waals surface area contributed by atoms with Crippen molar-refractivity contribution < 1.29 is 14.3 Å². The van der Waals surface area contributed by atoms with Crippen LogP contribution >= 0.6 is 0 Å². The average molecular weight is 877 g/mol. The molecule has 65 heavy (non-hydrogen) atoms. The van der Waals surface area contributed by atoms with Gasteiger partial charge in [0.15, 0.2) is 0 Å². The van der Waals surface area contributed by atoms with Crippen molar-refractivity contribution in [3.8, 4) is 46.6 Å². The van der Waals surface area contributed by atoms with Gasteiger partial charge < -0.3 is 36.9 Å². The molecule has 0 spiro atoms. The van der Waals surface area contributed by atoms with E-state index < -0.39 is 6.03 Å².